The summed E-state index contributed by atoms with van der Waals surface area (Å²) in [4.78, 5) is 38.2. The van der Waals surface area contributed by atoms with Crippen molar-refractivity contribution in [3.05, 3.63) is 48.6 Å². The molecule has 1 atom stereocenters. The first-order valence-electron chi connectivity index (χ1n) is 29.1. The monoisotopic (exact) mass is 939 g/mol. The van der Waals surface area contributed by atoms with Crippen molar-refractivity contribution in [2.24, 2.45) is 0 Å². The Balaban J connectivity index is 4.36. The van der Waals surface area contributed by atoms with Crippen LogP contribution in [0.25, 0.3) is 0 Å². The number of carbonyl (C=O) groups excluding carboxylic acids is 3. The molecule has 0 saturated carbocycles. The molecule has 6 heteroatoms. The molecule has 67 heavy (non-hydrogen) atoms. The van der Waals surface area contributed by atoms with Crippen LogP contribution in [0.1, 0.15) is 303 Å². The topological polar surface area (TPSA) is 78.9 Å². The third kappa shape index (κ3) is 54.2. The normalized spacial score (nSPS) is 12.3. The standard InChI is InChI=1S/C61H110O6/c1-4-7-10-13-16-19-22-25-28-30-32-33-36-39-42-45-48-51-54-60(63)66-57-58(56-65-59(62)53-50-47-44-41-38-35-27-24-21-18-15-12-9-6-3)67-61(64)55-52-49-46-43-40-37-34-31-29-26-23-20-17-14-11-8-5-2/h15,17-18,20,24,26-27,29,58H,4-14,16,19,21-23,25,28,30-57H2,1-3H3/b18-15-,20-17-,27-24-,29-26-/t58-/m1/s1. The van der Waals surface area contributed by atoms with Gasteiger partial charge in [0.2, 0.25) is 0 Å². The molecule has 0 heterocycles. The first-order chi connectivity index (χ1) is 33.0. The molecule has 0 aromatic carbocycles. The van der Waals surface area contributed by atoms with E-state index in [0.29, 0.717) is 19.3 Å². The summed E-state index contributed by atoms with van der Waals surface area (Å²) in [6, 6.07) is 0. The third-order valence-corrected chi connectivity index (χ3v) is 12.8. The Hall–Kier alpha value is -2.63. The van der Waals surface area contributed by atoms with E-state index in [0.717, 1.165) is 89.9 Å². The number of hydrogen-bond acceptors (Lipinski definition) is 6. The zero-order chi connectivity index (χ0) is 48.6. The van der Waals surface area contributed by atoms with Gasteiger partial charge in [0.05, 0.1) is 0 Å². The lowest BCUT2D eigenvalue weighted by Gasteiger charge is -2.18. The van der Waals surface area contributed by atoms with Gasteiger partial charge < -0.3 is 14.2 Å². The van der Waals surface area contributed by atoms with Crippen LogP contribution in [0.15, 0.2) is 48.6 Å². The van der Waals surface area contributed by atoms with Gasteiger partial charge in [-0.2, -0.15) is 0 Å². The quantitative estimate of drug-likeness (QED) is 0.0262. The molecule has 0 aromatic heterocycles. The number of rotatable bonds is 53. The molecule has 0 aliphatic heterocycles. The summed E-state index contributed by atoms with van der Waals surface area (Å²) in [5.41, 5.74) is 0. The zero-order valence-electron chi connectivity index (χ0n) is 44.7. The molecule has 0 N–H and O–H groups in total. The molecule has 390 valence electrons. The highest BCUT2D eigenvalue weighted by atomic mass is 16.6. The molecule has 0 radical (unpaired) electrons. The van der Waals surface area contributed by atoms with Gasteiger partial charge in [-0.25, -0.2) is 0 Å². The molecule has 0 aliphatic rings. The van der Waals surface area contributed by atoms with E-state index in [4.69, 9.17) is 14.2 Å². The number of ether oxygens (including phenoxy) is 3. The van der Waals surface area contributed by atoms with E-state index < -0.39 is 6.10 Å². The van der Waals surface area contributed by atoms with E-state index in [9.17, 15) is 14.4 Å². The average Bonchev–Trinajstić information content (AvgIpc) is 3.33. The predicted octanol–water partition coefficient (Wildman–Crippen LogP) is 19.4. The van der Waals surface area contributed by atoms with Crippen LogP contribution < -0.4 is 0 Å². The Morgan fingerprint density at radius 1 is 0.299 bits per heavy atom. The maximum absolute atomic E-state index is 12.9. The minimum Gasteiger partial charge on any atom is -0.462 e. The molecular formula is C61H110O6. The minimum absolute atomic E-state index is 0.0779. The van der Waals surface area contributed by atoms with E-state index in [-0.39, 0.29) is 31.1 Å². The van der Waals surface area contributed by atoms with E-state index in [2.05, 4.69) is 69.4 Å². The van der Waals surface area contributed by atoms with Crippen LogP contribution in [0.2, 0.25) is 0 Å². The summed E-state index contributed by atoms with van der Waals surface area (Å²) in [5, 5.41) is 0. The second-order valence-electron chi connectivity index (χ2n) is 19.6. The third-order valence-electron chi connectivity index (χ3n) is 12.8. The lowest BCUT2D eigenvalue weighted by atomic mass is 10.0. The van der Waals surface area contributed by atoms with Crippen LogP contribution in [0.3, 0.4) is 0 Å². The summed E-state index contributed by atoms with van der Waals surface area (Å²) in [7, 11) is 0. The molecule has 6 nitrogen and oxygen atoms in total. The minimum atomic E-state index is -0.781. The van der Waals surface area contributed by atoms with Crippen molar-refractivity contribution in [1.29, 1.82) is 0 Å². The molecule has 0 amide bonds. The Kier molecular flexibility index (Phi) is 53.8. The Morgan fingerprint density at radius 3 is 0.896 bits per heavy atom. The van der Waals surface area contributed by atoms with Crippen molar-refractivity contribution in [3.63, 3.8) is 0 Å². The van der Waals surface area contributed by atoms with Crippen molar-refractivity contribution >= 4 is 17.9 Å². The maximum atomic E-state index is 12.9. The van der Waals surface area contributed by atoms with E-state index >= 15 is 0 Å². The van der Waals surface area contributed by atoms with Crippen LogP contribution in [-0.4, -0.2) is 37.2 Å². The first-order valence-corrected chi connectivity index (χ1v) is 29.1. The number of hydrogen-bond donors (Lipinski definition) is 0. The summed E-state index contributed by atoms with van der Waals surface area (Å²) in [6.45, 7) is 6.59. The number of carbonyl (C=O) groups is 3. The number of esters is 3. The van der Waals surface area contributed by atoms with Crippen LogP contribution in [0.4, 0.5) is 0 Å². The number of allylic oxidation sites excluding steroid dienone is 8. The van der Waals surface area contributed by atoms with Gasteiger partial charge in [-0.3, -0.25) is 14.4 Å². The SMILES string of the molecule is CCCC/C=C\C/C=C\CCCCCCCC(=O)OC[C@H](COC(=O)CCCCCCCCCCCCCCCCCCCC)OC(=O)CCCCCCCCC/C=C\C/C=C\CCCCC. The average molecular weight is 940 g/mol. The molecule has 0 aromatic rings. The van der Waals surface area contributed by atoms with Crippen molar-refractivity contribution < 1.29 is 28.6 Å². The fraction of sp³-hybridized carbons (Fsp3) is 0.820. The zero-order valence-corrected chi connectivity index (χ0v) is 44.7. The van der Waals surface area contributed by atoms with E-state index in [1.165, 1.54) is 173 Å². The largest absolute Gasteiger partial charge is 0.462 e. The van der Waals surface area contributed by atoms with Crippen molar-refractivity contribution in [3.8, 4) is 0 Å². The van der Waals surface area contributed by atoms with Crippen molar-refractivity contribution in [1.82, 2.24) is 0 Å². The highest BCUT2D eigenvalue weighted by Crippen LogP contribution is 2.16. The highest BCUT2D eigenvalue weighted by Gasteiger charge is 2.19. The Labute approximate surface area is 416 Å². The van der Waals surface area contributed by atoms with Gasteiger partial charge in [0, 0.05) is 19.3 Å². The van der Waals surface area contributed by atoms with Gasteiger partial charge in [0.25, 0.3) is 0 Å². The second kappa shape index (κ2) is 56.0. The molecule has 0 aliphatic carbocycles. The Morgan fingerprint density at radius 2 is 0.552 bits per heavy atom. The molecule has 0 fully saturated rings. The van der Waals surface area contributed by atoms with Gasteiger partial charge in [-0.15, -0.1) is 0 Å². The molecule has 0 rings (SSSR count). The summed E-state index contributed by atoms with van der Waals surface area (Å²) in [5.74, 6) is -0.885. The van der Waals surface area contributed by atoms with Gasteiger partial charge in [0.15, 0.2) is 6.10 Å². The van der Waals surface area contributed by atoms with Gasteiger partial charge in [0.1, 0.15) is 13.2 Å². The lowest BCUT2D eigenvalue weighted by molar-refractivity contribution is -0.167. The van der Waals surface area contributed by atoms with Gasteiger partial charge in [-0.05, 0) is 77.0 Å². The summed E-state index contributed by atoms with van der Waals surface area (Å²) >= 11 is 0. The predicted molar refractivity (Wildman–Crippen MR) is 289 cm³/mol. The highest BCUT2D eigenvalue weighted by molar-refractivity contribution is 5.71. The van der Waals surface area contributed by atoms with Crippen LogP contribution in [0.5, 0.6) is 0 Å². The van der Waals surface area contributed by atoms with Crippen molar-refractivity contribution in [2.75, 3.05) is 13.2 Å². The molecule has 0 spiro atoms. The Bertz CT molecular complexity index is 1170. The van der Waals surface area contributed by atoms with Crippen LogP contribution in [-0.2, 0) is 28.6 Å². The maximum Gasteiger partial charge on any atom is 0.306 e. The van der Waals surface area contributed by atoms with E-state index in [1.54, 1.807) is 0 Å². The van der Waals surface area contributed by atoms with Crippen LogP contribution >= 0.6 is 0 Å². The second-order valence-corrected chi connectivity index (χ2v) is 19.6. The summed E-state index contributed by atoms with van der Waals surface area (Å²) in [6.07, 6.45) is 68.1. The lowest BCUT2D eigenvalue weighted by Crippen LogP contribution is -2.30. The number of unbranched alkanes of at least 4 members (excludes halogenated alkanes) is 34. The van der Waals surface area contributed by atoms with Crippen molar-refractivity contribution in [2.45, 2.75) is 309 Å². The van der Waals surface area contributed by atoms with Gasteiger partial charge >= 0.3 is 17.9 Å². The first kappa shape index (κ1) is 64.4. The van der Waals surface area contributed by atoms with Crippen LogP contribution in [0, 0.1) is 0 Å². The van der Waals surface area contributed by atoms with E-state index in [1.807, 2.05) is 0 Å². The fourth-order valence-corrected chi connectivity index (χ4v) is 8.37. The molecule has 0 saturated heterocycles. The van der Waals surface area contributed by atoms with Gasteiger partial charge in [-0.1, -0.05) is 256 Å². The summed E-state index contributed by atoms with van der Waals surface area (Å²) < 4.78 is 16.9. The fourth-order valence-electron chi connectivity index (χ4n) is 8.37. The smallest absolute Gasteiger partial charge is 0.306 e. The molecule has 0 bridgehead atoms. The molecule has 0 unspecified atom stereocenters. The molecular weight excluding hydrogens is 829 g/mol.